The molecule has 0 aliphatic rings. The molecule has 2 aromatic rings. The first-order valence-corrected chi connectivity index (χ1v) is 7.65. The second kappa shape index (κ2) is 5.83. The average Bonchev–Trinajstić information content (AvgIpc) is 2.40. The third kappa shape index (κ3) is 3.07. The molecule has 2 rings (SSSR count). The van der Waals surface area contributed by atoms with Crippen molar-refractivity contribution in [2.75, 3.05) is 5.75 Å². The first kappa shape index (κ1) is 12.1. The SMILES string of the molecule is C=S(CC)Cc1ccccc1-c1ccccc1. The maximum atomic E-state index is 4.21. The van der Waals surface area contributed by atoms with Gasteiger partial charge in [-0.3, -0.25) is 0 Å². The Morgan fingerprint density at radius 2 is 1.59 bits per heavy atom. The summed E-state index contributed by atoms with van der Waals surface area (Å²) < 4.78 is 0. The Bertz CT molecular complexity index is 500. The van der Waals surface area contributed by atoms with E-state index in [0.717, 1.165) is 11.5 Å². The van der Waals surface area contributed by atoms with Gasteiger partial charge in [-0.1, -0.05) is 67.4 Å². The minimum absolute atomic E-state index is 0.238. The molecule has 2 aromatic carbocycles. The van der Waals surface area contributed by atoms with Gasteiger partial charge in [-0.15, -0.1) is 0 Å². The van der Waals surface area contributed by atoms with Crippen LogP contribution in [0.2, 0.25) is 0 Å². The van der Waals surface area contributed by atoms with Crippen molar-refractivity contribution in [3.63, 3.8) is 0 Å². The summed E-state index contributed by atoms with van der Waals surface area (Å²) in [5, 5.41) is 0. The molecule has 17 heavy (non-hydrogen) atoms. The van der Waals surface area contributed by atoms with Crippen LogP contribution in [0.15, 0.2) is 54.6 Å². The lowest BCUT2D eigenvalue weighted by atomic mass is 10.0. The molecule has 0 N–H and O–H groups in total. The van der Waals surface area contributed by atoms with Crippen LogP contribution < -0.4 is 0 Å². The molecule has 0 fully saturated rings. The molecular weight excluding hydrogens is 224 g/mol. The van der Waals surface area contributed by atoms with Crippen LogP contribution >= 0.6 is 10.5 Å². The zero-order chi connectivity index (χ0) is 12.1. The Balaban J connectivity index is 2.38. The number of hydrogen-bond acceptors (Lipinski definition) is 0. The summed E-state index contributed by atoms with van der Waals surface area (Å²) in [5.74, 6) is 6.46. The quantitative estimate of drug-likeness (QED) is 0.689. The third-order valence-corrected chi connectivity index (χ3v) is 4.41. The molecule has 1 heteroatoms. The summed E-state index contributed by atoms with van der Waals surface area (Å²) in [7, 11) is 0.238. The Kier molecular flexibility index (Phi) is 4.16. The molecule has 0 aromatic heterocycles. The first-order valence-electron chi connectivity index (χ1n) is 5.91. The van der Waals surface area contributed by atoms with Crippen LogP contribution in [-0.2, 0) is 5.75 Å². The molecule has 0 radical (unpaired) electrons. The molecule has 88 valence electrons. The van der Waals surface area contributed by atoms with E-state index in [9.17, 15) is 0 Å². The molecule has 1 atom stereocenters. The molecule has 0 heterocycles. The van der Waals surface area contributed by atoms with E-state index >= 15 is 0 Å². The van der Waals surface area contributed by atoms with E-state index in [0.29, 0.717) is 0 Å². The minimum Gasteiger partial charge on any atom is -0.189 e. The Morgan fingerprint density at radius 3 is 2.29 bits per heavy atom. The number of benzene rings is 2. The van der Waals surface area contributed by atoms with Crippen LogP contribution in [0, 0.1) is 0 Å². The Labute approximate surface area is 106 Å². The van der Waals surface area contributed by atoms with Crippen LogP contribution in [0.1, 0.15) is 12.5 Å². The van der Waals surface area contributed by atoms with Crippen LogP contribution in [-0.4, -0.2) is 11.6 Å². The lowest BCUT2D eigenvalue weighted by molar-refractivity contribution is 1.39. The first-order chi connectivity index (χ1) is 8.31. The maximum absolute atomic E-state index is 4.21. The highest BCUT2D eigenvalue weighted by Crippen LogP contribution is 2.28. The molecule has 0 amide bonds. The zero-order valence-corrected chi connectivity index (χ0v) is 11.0. The number of hydrogen-bond donors (Lipinski definition) is 0. The summed E-state index contributed by atoms with van der Waals surface area (Å²) in [6.45, 7) is 2.21. The molecule has 1 unspecified atom stereocenters. The van der Waals surface area contributed by atoms with Crippen molar-refractivity contribution in [2.45, 2.75) is 12.7 Å². The predicted molar refractivity (Wildman–Crippen MR) is 80.8 cm³/mol. The Hall–Kier alpha value is -1.34. The van der Waals surface area contributed by atoms with E-state index in [1.807, 2.05) is 0 Å². The number of rotatable bonds is 4. The normalized spacial score (nSPS) is 12.3. The lowest BCUT2D eigenvalue weighted by Crippen LogP contribution is -1.89. The fourth-order valence-corrected chi connectivity index (χ4v) is 2.76. The van der Waals surface area contributed by atoms with Crippen molar-refractivity contribution in [3.05, 3.63) is 60.2 Å². The second-order valence-electron chi connectivity index (χ2n) is 4.07. The monoisotopic (exact) mass is 242 g/mol. The van der Waals surface area contributed by atoms with Crippen molar-refractivity contribution in [2.24, 2.45) is 0 Å². The summed E-state index contributed by atoms with van der Waals surface area (Å²) in [6, 6.07) is 19.3. The van der Waals surface area contributed by atoms with Gasteiger partial charge in [-0.2, -0.15) is 10.5 Å². The van der Waals surface area contributed by atoms with Crippen molar-refractivity contribution in [3.8, 4) is 11.1 Å². The topological polar surface area (TPSA) is 0 Å². The smallest absolute Gasteiger partial charge is 0.0135 e. The average molecular weight is 242 g/mol. The standard InChI is InChI=1S/C16H18S/c1-3-17(2)13-15-11-7-8-12-16(15)14-9-5-4-6-10-14/h4-12H,2-3,13H2,1H3. The van der Waals surface area contributed by atoms with Crippen molar-refractivity contribution >= 4 is 16.4 Å². The van der Waals surface area contributed by atoms with Gasteiger partial charge >= 0.3 is 0 Å². The molecule has 0 aliphatic heterocycles. The highest BCUT2D eigenvalue weighted by atomic mass is 32.2. The lowest BCUT2D eigenvalue weighted by Gasteiger charge is -2.11. The summed E-state index contributed by atoms with van der Waals surface area (Å²) >= 11 is 0. The summed E-state index contributed by atoms with van der Waals surface area (Å²) in [4.78, 5) is 0. The third-order valence-electron chi connectivity index (χ3n) is 2.87. The van der Waals surface area contributed by atoms with Gasteiger partial charge in [0.1, 0.15) is 0 Å². The summed E-state index contributed by atoms with van der Waals surface area (Å²) in [6.07, 6.45) is 0. The van der Waals surface area contributed by atoms with Gasteiger partial charge in [-0.25, -0.2) is 0 Å². The minimum atomic E-state index is 0.238. The largest absolute Gasteiger partial charge is 0.189 e. The van der Waals surface area contributed by atoms with Gasteiger partial charge in [0.25, 0.3) is 0 Å². The molecule has 0 bridgehead atoms. The van der Waals surface area contributed by atoms with Gasteiger partial charge in [-0.05, 0) is 22.4 Å². The predicted octanol–water partition coefficient (Wildman–Crippen LogP) is 4.57. The highest BCUT2D eigenvalue weighted by molar-refractivity contribution is 8.13. The summed E-state index contributed by atoms with van der Waals surface area (Å²) in [5.41, 5.74) is 4.07. The molecule has 0 spiro atoms. The molecule has 0 saturated heterocycles. The van der Waals surface area contributed by atoms with Gasteiger partial charge in [0, 0.05) is 5.75 Å². The van der Waals surface area contributed by atoms with E-state index in [-0.39, 0.29) is 10.5 Å². The van der Waals surface area contributed by atoms with Gasteiger partial charge in [0.15, 0.2) is 0 Å². The van der Waals surface area contributed by atoms with Gasteiger partial charge < -0.3 is 0 Å². The highest BCUT2D eigenvalue weighted by Gasteiger charge is 2.04. The van der Waals surface area contributed by atoms with Crippen LogP contribution in [0.4, 0.5) is 0 Å². The maximum Gasteiger partial charge on any atom is 0.0135 e. The van der Waals surface area contributed by atoms with Crippen molar-refractivity contribution < 1.29 is 0 Å². The fraction of sp³-hybridized carbons (Fsp3) is 0.188. The van der Waals surface area contributed by atoms with E-state index in [1.54, 1.807) is 0 Å². The van der Waals surface area contributed by atoms with Gasteiger partial charge in [0.05, 0.1) is 0 Å². The second-order valence-corrected chi connectivity index (χ2v) is 6.16. The van der Waals surface area contributed by atoms with E-state index in [2.05, 4.69) is 67.4 Å². The fourth-order valence-electron chi connectivity index (χ4n) is 1.87. The van der Waals surface area contributed by atoms with E-state index < -0.39 is 0 Å². The van der Waals surface area contributed by atoms with Gasteiger partial charge in [0.2, 0.25) is 0 Å². The van der Waals surface area contributed by atoms with Crippen molar-refractivity contribution in [1.82, 2.24) is 0 Å². The molecule has 0 nitrogen and oxygen atoms in total. The van der Waals surface area contributed by atoms with E-state index in [4.69, 9.17) is 0 Å². The zero-order valence-electron chi connectivity index (χ0n) is 10.2. The van der Waals surface area contributed by atoms with Crippen LogP contribution in [0.25, 0.3) is 11.1 Å². The molecule has 0 saturated carbocycles. The van der Waals surface area contributed by atoms with Crippen LogP contribution in [0.5, 0.6) is 0 Å². The Morgan fingerprint density at radius 1 is 0.941 bits per heavy atom. The van der Waals surface area contributed by atoms with Crippen molar-refractivity contribution in [1.29, 1.82) is 0 Å². The molecular formula is C16H18S. The molecule has 0 aliphatic carbocycles. The van der Waals surface area contributed by atoms with Crippen LogP contribution in [0.3, 0.4) is 0 Å². The van der Waals surface area contributed by atoms with E-state index in [1.165, 1.54) is 16.7 Å².